The van der Waals surface area contributed by atoms with E-state index in [1.54, 1.807) is 19.4 Å². The molecule has 0 aliphatic carbocycles. The van der Waals surface area contributed by atoms with Gasteiger partial charge in [0.1, 0.15) is 11.5 Å². The van der Waals surface area contributed by atoms with Crippen LogP contribution in [0, 0.1) is 11.6 Å². The number of halogens is 2. The molecule has 0 fully saturated rings. The van der Waals surface area contributed by atoms with Crippen LogP contribution in [0.3, 0.4) is 0 Å². The summed E-state index contributed by atoms with van der Waals surface area (Å²) in [6, 6.07) is 6.94. The first kappa shape index (κ1) is 16.6. The Morgan fingerprint density at radius 1 is 1.33 bits per heavy atom. The lowest BCUT2D eigenvalue weighted by Gasteiger charge is -2.15. The summed E-state index contributed by atoms with van der Waals surface area (Å²) < 4.78 is 39.6. The highest BCUT2D eigenvalue weighted by molar-refractivity contribution is 7.07. The molecule has 126 valence electrons. The van der Waals surface area contributed by atoms with Crippen LogP contribution >= 0.6 is 11.3 Å². The predicted molar refractivity (Wildman–Crippen MR) is 88.2 cm³/mol. The van der Waals surface area contributed by atoms with Crippen molar-refractivity contribution in [1.82, 2.24) is 4.57 Å². The topological polar surface area (TPSA) is 39.7 Å². The van der Waals surface area contributed by atoms with Gasteiger partial charge in [0, 0.05) is 18.6 Å². The van der Waals surface area contributed by atoms with E-state index in [2.05, 4.69) is 4.99 Å². The number of hydrogen-bond donors (Lipinski definition) is 0. The zero-order valence-corrected chi connectivity index (χ0v) is 14.0. The summed E-state index contributed by atoms with van der Waals surface area (Å²) >= 11 is 1.36. The molecule has 0 amide bonds. The molecular weight excluding hydrogens is 334 g/mol. The molecule has 0 aliphatic heterocycles. The third-order valence-electron chi connectivity index (χ3n) is 3.49. The smallest absolute Gasteiger partial charge is 0.190 e. The highest BCUT2D eigenvalue weighted by Crippen LogP contribution is 2.25. The third-order valence-corrected chi connectivity index (χ3v) is 4.33. The van der Waals surface area contributed by atoms with E-state index in [0.29, 0.717) is 17.2 Å². The SMILES string of the molecule is COCC(C)n1c(-c2ccco2)csc1=Nc1ccc(F)cc1F. The predicted octanol–water partition coefficient (Wildman–Crippen LogP) is 4.53. The summed E-state index contributed by atoms with van der Waals surface area (Å²) in [5.41, 5.74) is 0.915. The van der Waals surface area contributed by atoms with Gasteiger partial charge in [0.2, 0.25) is 0 Å². The molecule has 1 unspecified atom stereocenters. The van der Waals surface area contributed by atoms with Crippen molar-refractivity contribution >= 4 is 17.0 Å². The van der Waals surface area contributed by atoms with Gasteiger partial charge in [-0.05, 0) is 31.2 Å². The van der Waals surface area contributed by atoms with E-state index in [9.17, 15) is 8.78 Å². The molecule has 0 aliphatic rings. The zero-order chi connectivity index (χ0) is 17.1. The van der Waals surface area contributed by atoms with Crippen LogP contribution in [0.2, 0.25) is 0 Å². The van der Waals surface area contributed by atoms with E-state index < -0.39 is 11.6 Å². The van der Waals surface area contributed by atoms with E-state index in [0.717, 1.165) is 11.8 Å². The number of nitrogens with zero attached hydrogens (tertiary/aromatic N) is 2. The molecular formula is C17H16F2N2O2S. The van der Waals surface area contributed by atoms with Crippen LogP contribution in [0.1, 0.15) is 13.0 Å². The molecule has 0 radical (unpaired) electrons. The Bertz CT molecular complexity index is 884. The average Bonchev–Trinajstić information content (AvgIpc) is 3.19. The summed E-state index contributed by atoms with van der Waals surface area (Å²) in [6.45, 7) is 2.44. The van der Waals surface area contributed by atoms with Crippen molar-refractivity contribution < 1.29 is 17.9 Å². The largest absolute Gasteiger partial charge is 0.463 e. The molecule has 1 aromatic carbocycles. The number of ether oxygens (including phenoxy) is 1. The fourth-order valence-electron chi connectivity index (χ4n) is 2.42. The normalized spacial score (nSPS) is 13.4. The molecule has 0 spiro atoms. The fourth-order valence-corrected chi connectivity index (χ4v) is 3.41. The Kier molecular flexibility index (Phi) is 4.92. The highest BCUT2D eigenvalue weighted by atomic mass is 32.1. The maximum atomic E-state index is 13.9. The third kappa shape index (κ3) is 3.32. The van der Waals surface area contributed by atoms with Crippen molar-refractivity contribution in [2.24, 2.45) is 4.99 Å². The number of benzene rings is 1. The van der Waals surface area contributed by atoms with Gasteiger partial charge in [-0.2, -0.15) is 0 Å². The molecule has 0 bridgehead atoms. The quantitative estimate of drug-likeness (QED) is 0.678. The Hall–Kier alpha value is -2.25. The van der Waals surface area contributed by atoms with E-state index in [1.165, 1.54) is 23.5 Å². The second-order valence-corrected chi connectivity index (χ2v) is 6.10. The minimum atomic E-state index is -0.700. The van der Waals surface area contributed by atoms with Crippen molar-refractivity contribution in [3.8, 4) is 11.5 Å². The van der Waals surface area contributed by atoms with E-state index in [-0.39, 0.29) is 11.7 Å². The maximum Gasteiger partial charge on any atom is 0.190 e. The molecule has 7 heteroatoms. The van der Waals surface area contributed by atoms with Gasteiger partial charge >= 0.3 is 0 Å². The number of hydrogen-bond acceptors (Lipinski definition) is 4. The molecule has 2 aromatic heterocycles. The van der Waals surface area contributed by atoms with Gasteiger partial charge in [-0.15, -0.1) is 11.3 Å². The van der Waals surface area contributed by atoms with Crippen LogP contribution in [-0.2, 0) is 4.74 Å². The second-order valence-electron chi connectivity index (χ2n) is 5.26. The molecule has 0 N–H and O–H groups in total. The number of methoxy groups -OCH3 is 1. The molecule has 0 saturated heterocycles. The summed E-state index contributed by atoms with van der Waals surface area (Å²) in [5, 5.41) is 1.89. The molecule has 24 heavy (non-hydrogen) atoms. The van der Waals surface area contributed by atoms with Gasteiger partial charge in [-0.3, -0.25) is 0 Å². The van der Waals surface area contributed by atoms with Crippen LogP contribution in [0.15, 0.2) is 51.4 Å². The summed E-state index contributed by atoms with van der Waals surface area (Å²) in [4.78, 5) is 4.94. The molecule has 3 aromatic rings. The summed E-state index contributed by atoms with van der Waals surface area (Å²) in [7, 11) is 1.62. The van der Waals surface area contributed by atoms with Gasteiger partial charge in [0.25, 0.3) is 0 Å². The lowest BCUT2D eigenvalue weighted by atomic mass is 10.3. The standard InChI is InChI=1S/C17H16F2N2O2S/c1-11(9-22-2)21-15(16-4-3-7-23-16)10-24-17(21)20-14-6-5-12(18)8-13(14)19/h3-8,10-11H,9H2,1-2H3. The monoisotopic (exact) mass is 350 g/mol. The number of rotatable bonds is 5. The summed E-state index contributed by atoms with van der Waals surface area (Å²) in [5.74, 6) is -0.640. The number of aromatic nitrogens is 1. The first-order valence-electron chi connectivity index (χ1n) is 7.32. The van der Waals surface area contributed by atoms with Crippen molar-refractivity contribution in [3.05, 3.63) is 58.4 Å². The number of furan rings is 1. The maximum absolute atomic E-state index is 13.9. The second kappa shape index (κ2) is 7.11. The van der Waals surface area contributed by atoms with E-state index in [4.69, 9.17) is 9.15 Å². The lowest BCUT2D eigenvalue weighted by molar-refractivity contribution is 0.161. The van der Waals surface area contributed by atoms with Gasteiger partial charge < -0.3 is 13.7 Å². The van der Waals surface area contributed by atoms with Crippen molar-refractivity contribution in [2.75, 3.05) is 13.7 Å². The van der Waals surface area contributed by atoms with Gasteiger partial charge in [0.15, 0.2) is 16.4 Å². The first-order valence-corrected chi connectivity index (χ1v) is 8.20. The average molecular weight is 350 g/mol. The molecule has 4 nitrogen and oxygen atoms in total. The molecule has 1 atom stereocenters. The van der Waals surface area contributed by atoms with Crippen molar-refractivity contribution in [1.29, 1.82) is 0 Å². The minimum absolute atomic E-state index is 0.0383. The van der Waals surface area contributed by atoms with Crippen LogP contribution in [0.5, 0.6) is 0 Å². The first-order chi connectivity index (χ1) is 11.6. The van der Waals surface area contributed by atoms with Crippen LogP contribution < -0.4 is 4.80 Å². The van der Waals surface area contributed by atoms with E-state index >= 15 is 0 Å². The summed E-state index contributed by atoms with van der Waals surface area (Å²) in [6.07, 6.45) is 1.59. The van der Waals surface area contributed by atoms with Crippen LogP contribution in [-0.4, -0.2) is 18.3 Å². The van der Waals surface area contributed by atoms with Gasteiger partial charge in [-0.1, -0.05) is 0 Å². The zero-order valence-electron chi connectivity index (χ0n) is 13.2. The van der Waals surface area contributed by atoms with Crippen molar-refractivity contribution in [3.63, 3.8) is 0 Å². The van der Waals surface area contributed by atoms with E-state index in [1.807, 2.05) is 22.9 Å². The van der Waals surface area contributed by atoms with Crippen LogP contribution in [0.4, 0.5) is 14.5 Å². The van der Waals surface area contributed by atoms with Crippen molar-refractivity contribution in [2.45, 2.75) is 13.0 Å². The Morgan fingerprint density at radius 2 is 2.17 bits per heavy atom. The minimum Gasteiger partial charge on any atom is -0.463 e. The van der Waals surface area contributed by atoms with Crippen LogP contribution in [0.25, 0.3) is 11.5 Å². The lowest BCUT2D eigenvalue weighted by Crippen LogP contribution is -2.22. The fraction of sp³-hybridized carbons (Fsp3) is 0.235. The Morgan fingerprint density at radius 3 is 2.83 bits per heavy atom. The Balaban J connectivity index is 2.15. The Labute approximate surface area is 141 Å². The molecule has 0 saturated carbocycles. The van der Waals surface area contributed by atoms with Gasteiger partial charge in [-0.25, -0.2) is 13.8 Å². The molecule has 2 heterocycles. The van der Waals surface area contributed by atoms with Gasteiger partial charge in [0.05, 0.1) is 24.6 Å². The molecule has 3 rings (SSSR count). The number of thiazole rings is 1. The highest BCUT2D eigenvalue weighted by Gasteiger charge is 2.16.